The number of hydrogen-bond acceptors (Lipinski definition) is 12. The highest BCUT2D eigenvalue weighted by atomic mass is 32.3. The summed E-state index contributed by atoms with van der Waals surface area (Å²) >= 11 is 0. The molecule has 0 aromatic heterocycles. The molecule has 0 spiro atoms. The quantitative estimate of drug-likeness (QED) is 0.213. The molecule has 47 heavy (non-hydrogen) atoms. The highest BCUT2D eigenvalue weighted by Crippen LogP contribution is 2.70. The van der Waals surface area contributed by atoms with E-state index in [1.165, 1.54) is 7.05 Å². The van der Waals surface area contributed by atoms with E-state index in [-0.39, 0.29) is 42.6 Å². The second kappa shape index (κ2) is 12.6. The molecule has 0 aromatic carbocycles. The molecule has 274 valence electrons. The Morgan fingerprint density at radius 3 is 1.96 bits per heavy atom. The molecule has 0 radical (unpaired) electrons. The van der Waals surface area contributed by atoms with Gasteiger partial charge in [-0.2, -0.15) is 30.0 Å². The number of fused-ring (bicyclic) bond motifs is 7. The van der Waals surface area contributed by atoms with Crippen LogP contribution in [0.1, 0.15) is 73.6 Å². The molecule has 0 aromatic rings. The molecule has 5 N–H and O–H groups in total. The van der Waals surface area contributed by atoms with Crippen molar-refractivity contribution in [2.75, 3.05) is 7.05 Å². The van der Waals surface area contributed by atoms with E-state index in [1.807, 2.05) is 13.8 Å². The number of nitrogens with one attached hydrogen (secondary N) is 1. The van der Waals surface area contributed by atoms with Crippen LogP contribution in [0.5, 0.6) is 0 Å². The molecule has 16 atom stereocenters. The molecule has 5 unspecified atom stereocenters. The first-order valence-electron chi connectivity index (χ1n) is 16.4. The average molecular weight is 734 g/mol. The Balaban J connectivity index is 1.66. The maximum atomic E-state index is 13.1. The third kappa shape index (κ3) is 6.68. The van der Waals surface area contributed by atoms with Crippen molar-refractivity contribution < 1.29 is 61.9 Å². The first-order valence-corrected chi connectivity index (χ1v) is 20.5. The summed E-state index contributed by atoms with van der Waals surface area (Å²) in [6, 6.07) is 0. The van der Waals surface area contributed by atoms with E-state index in [9.17, 15) is 44.6 Å². The first kappa shape index (κ1) is 37.7. The van der Waals surface area contributed by atoms with E-state index in [0.29, 0.717) is 12.8 Å². The van der Waals surface area contributed by atoms with Crippen molar-refractivity contribution in [1.82, 2.24) is 4.72 Å². The van der Waals surface area contributed by atoms with Crippen LogP contribution in [0.15, 0.2) is 0 Å². The highest BCUT2D eigenvalue weighted by Gasteiger charge is 2.73. The molecule has 5 rings (SSSR count). The Morgan fingerprint density at radius 2 is 1.40 bits per heavy atom. The lowest BCUT2D eigenvalue weighted by atomic mass is 9.42. The van der Waals surface area contributed by atoms with Gasteiger partial charge in [-0.1, -0.05) is 41.5 Å². The Kier molecular flexibility index (Phi) is 10.1. The lowest BCUT2D eigenvalue weighted by molar-refractivity contribution is -0.248. The van der Waals surface area contributed by atoms with Gasteiger partial charge in [-0.15, -0.1) is 0 Å². The third-order valence-corrected chi connectivity index (χ3v) is 14.9. The van der Waals surface area contributed by atoms with Gasteiger partial charge in [0.05, 0.1) is 24.4 Å². The molecule has 15 nitrogen and oxygen atoms in total. The minimum atomic E-state index is -5.21. The van der Waals surface area contributed by atoms with Gasteiger partial charge >= 0.3 is 31.1 Å². The molecular formula is C29H51NO14S3. The van der Waals surface area contributed by atoms with Gasteiger partial charge in [0.25, 0.3) is 0 Å². The number of ether oxygens (including phenoxy) is 1. The fraction of sp³-hybridized carbons (Fsp3) is 1.00. The van der Waals surface area contributed by atoms with Gasteiger partial charge < -0.3 is 14.9 Å². The van der Waals surface area contributed by atoms with Crippen LogP contribution < -0.4 is 4.72 Å². The van der Waals surface area contributed by atoms with Gasteiger partial charge in [-0.05, 0) is 78.4 Å². The predicted octanol–water partition coefficient (Wildman–Crippen LogP) is 1.73. The average Bonchev–Trinajstić information content (AvgIpc) is 3.18. The van der Waals surface area contributed by atoms with Crippen LogP contribution in [0.4, 0.5) is 0 Å². The molecule has 0 bridgehead atoms. The van der Waals surface area contributed by atoms with Crippen molar-refractivity contribution in [3.8, 4) is 0 Å². The van der Waals surface area contributed by atoms with Crippen LogP contribution in [0.2, 0.25) is 0 Å². The summed E-state index contributed by atoms with van der Waals surface area (Å²) in [6.07, 6.45) is -6.67. The molecule has 1 heterocycles. The Morgan fingerprint density at radius 1 is 0.809 bits per heavy atom. The number of aliphatic hydroxyl groups excluding tert-OH is 2. The highest BCUT2D eigenvalue weighted by molar-refractivity contribution is 7.84. The van der Waals surface area contributed by atoms with Gasteiger partial charge in [-0.3, -0.25) is 13.3 Å². The maximum absolute atomic E-state index is 13.1. The molecule has 1 aliphatic heterocycles. The SMILES string of the molecule is CNS(=O)(=O)O[C@H]1C2C3C(CC[C@]2(C)C2C(C)C[C@H]([C@@H](C)C(C)C)O[C@@H]21)[C@@]1(C)CC[C@@H](OS(=O)(=O)O)[C@H](O)[C@@H]1[C@H](O)[C@@H]3OS(=O)(=O)O. The minimum Gasteiger partial charge on any atom is -0.390 e. The number of aliphatic hydroxyl groups is 2. The topological polar surface area (TPSA) is 232 Å². The molecule has 0 amide bonds. The summed E-state index contributed by atoms with van der Waals surface area (Å²) in [5.74, 6) is -3.10. The predicted molar refractivity (Wildman–Crippen MR) is 166 cm³/mol. The van der Waals surface area contributed by atoms with Crippen molar-refractivity contribution in [1.29, 1.82) is 0 Å². The largest absolute Gasteiger partial charge is 0.397 e. The van der Waals surface area contributed by atoms with Crippen molar-refractivity contribution in [3.63, 3.8) is 0 Å². The summed E-state index contributed by atoms with van der Waals surface area (Å²) in [5, 5.41) is 23.4. The van der Waals surface area contributed by atoms with Crippen molar-refractivity contribution in [2.45, 2.75) is 116 Å². The zero-order chi connectivity index (χ0) is 35.2. The number of hydrogen-bond donors (Lipinski definition) is 5. The van der Waals surface area contributed by atoms with E-state index >= 15 is 0 Å². The maximum Gasteiger partial charge on any atom is 0.397 e. The van der Waals surface area contributed by atoms with Crippen molar-refractivity contribution in [3.05, 3.63) is 0 Å². The summed E-state index contributed by atoms with van der Waals surface area (Å²) in [4.78, 5) is 0. The summed E-state index contributed by atoms with van der Waals surface area (Å²) < 4.78 is 118. The van der Waals surface area contributed by atoms with E-state index in [1.54, 1.807) is 0 Å². The van der Waals surface area contributed by atoms with Gasteiger partial charge in [0.2, 0.25) is 0 Å². The molecule has 5 fully saturated rings. The zero-order valence-corrected chi connectivity index (χ0v) is 30.2. The smallest absolute Gasteiger partial charge is 0.390 e. The normalized spacial score (nSPS) is 47.9. The lowest BCUT2D eigenvalue weighted by Gasteiger charge is -2.64. The molecule has 4 saturated carbocycles. The van der Waals surface area contributed by atoms with E-state index in [2.05, 4.69) is 32.4 Å². The molecule has 5 aliphatic rings. The Hall–Kier alpha value is -0.510. The molecule has 18 heteroatoms. The second-order valence-electron chi connectivity index (χ2n) is 15.6. The van der Waals surface area contributed by atoms with E-state index in [4.69, 9.17) is 17.3 Å². The number of rotatable bonds is 9. The van der Waals surface area contributed by atoms with Crippen LogP contribution in [0.3, 0.4) is 0 Å². The van der Waals surface area contributed by atoms with Gasteiger partial charge in [0, 0.05) is 18.9 Å². The van der Waals surface area contributed by atoms with Crippen LogP contribution >= 0.6 is 0 Å². The fourth-order valence-electron chi connectivity index (χ4n) is 10.9. The Labute approximate surface area is 278 Å². The van der Waals surface area contributed by atoms with Gasteiger partial charge in [-0.25, -0.2) is 8.37 Å². The molecule has 1 saturated heterocycles. The van der Waals surface area contributed by atoms with Crippen LogP contribution in [-0.4, -0.2) is 94.3 Å². The molecular weight excluding hydrogens is 683 g/mol. The van der Waals surface area contributed by atoms with Crippen molar-refractivity contribution >= 4 is 31.1 Å². The van der Waals surface area contributed by atoms with Crippen LogP contribution in [-0.2, 0) is 48.4 Å². The standard InChI is InChI=1S/C29H51NO14S3/c1-13(2)15(4)18-12-14(3)20-26(41-18)27(43-45(33,34)30-7)21-19-16(8-10-29(20,21)6)28(5)11-9-17(42-46(35,36)37)23(31)22(28)24(32)25(19)44-47(38,39)40/h13-27,30-32H,8-12H2,1-7H3,(H,35,36,37)(H,38,39,40)/t14?,15-,16?,17+,18+,19?,20?,21?,22+,23-,24-,25+,26-,27-,28+,29+/m0/s1. The summed E-state index contributed by atoms with van der Waals surface area (Å²) in [7, 11) is -13.3. The zero-order valence-electron chi connectivity index (χ0n) is 27.8. The van der Waals surface area contributed by atoms with Gasteiger partial charge in [0.15, 0.2) is 0 Å². The molecule has 4 aliphatic carbocycles. The lowest BCUT2D eigenvalue weighted by Crippen LogP contribution is -2.69. The first-order chi connectivity index (χ1) is 21.5. The minimum absolute atomic E-state index is 0.0100. The van der Waals surface area contributed by atoms with Crippen LogP contribution in [0, 0.1) is 58.2 Å². The summed E-state index contributed by atoms with van der Waals surface area (Å²) in [6.45, 7) is 12.2. The fourth-order valence-corrected chi connectivity index (χ4v) is 12.5. The van der Waals surface area contributed by atoms with E-state index in [0.717, 1.165) is 6.42 Å². The van der Waals surface area contributed by atoms with E-state index < -0.39 is 102 Å². The van der Waals surface area contributed by atoms with Gasteiger partial charge in [0.1, 0.15) is 18.3 Å². The Bertz CT molecular complexity index is 1510. The second-order valence-corrected chi connectivity index (χ2v) is 19.2. The summed E-state index contributed by atoms with van der Waals surface area (Å²) in [5.41, 5.74) is -1.64. The third-order valence-electron chi connectivity index (χ3n) is 13.0. The van der Waals surface area contributed by atoms with Crippen molar-refractivity contribution in [2.24, 2.45) is 58.2 Å². The monoisotopic (exact) mass is 733 g/mol. The van der Waals surface area contributed by atoms with Crippen LogP contribution in [0.25, 0.3) is 0 Å².